The third kappa shape index (κ3) is 4.64. The summed E-state index contributed by atoms with van der Waals surface area (Å²) < 4.78 is 0. The lowest BCUT2D eigenvalue weighted by molar-refractivity contribution is 0.744. The first kappa shape index (κ1) is 24.5. The molecule has 0 aromatic heterocycles. The molecule has 0 heterocycles. The van der Waals surface area contributed by atoms with Crippen molar-refractivity contribution in [3.8, 4) is 0 Å². The van der Waals surface area contributed by atoms with E-state index < -0.39 is 5.41 Å². The monoisotopic (exact) mass is 501 g/mol. The van der Waals surface area contributed by atoms with Crippen LogP contribution >= 0.6 is 0 Å². The molecule has 2 N–H and O–H groups in total. The van der Waals surface area contributed by atoms with Gasteiger partial charge in [-0.15, -0.1) is 0 Å². The Labute approximate surface area is 231 Å². The molecule has 39 heavy (non-hydrogen) atoms. The summed E-state index contributed by atoms with van der Waals surface area (Å²) in [5.41, 5.74) is 15.1. The van der Waals surface area contributed by atoms with Crippen molar-refractivity contribution in [1.29, 1.82) is 0 Å². The second-order valence-corrected chi connectivity index (χ2v) is 9.98. The van der Waals surface area contributed by atoms with Gasteiger partial charge in [0.15, 0.2) is 0 Å². The molecule has 0 fully saturated rings. The van der Waals surface area contributed by atoms with Crippen molar-refractivity contribution in [1.82, 2.24) is 0 Å². The van der Waals surface area contributed by atoms with Crippen molar-refractivity contribution < 1.29 is 0 Å². The summed E-state index contributed by atoms with van der Waals surface area (Å²) in [6, 6.07) is 60.7. The summed E-state index contributed by atoms with van der Waals surface area (Å²) in [7, 11) is 0. The average molecular weight is 502 g/mol. The minimum Gasteiger partial charge on any atom is -0.399 e. The molecule has 6 aromatic carbocycles. The number of benzene rings is 6. The quantitative estimate of drug-likeness (QED) is 0.172. The minimum absolute atomic E-state index is 0.154. The number of hydrogen-bond acceptors (Lipinski definition) is 1. The van der Waals surface area contributed by atoms with E-state index in [2.05, 4.69) is 158 Å². The second kappa shape index (κ2) is 10.8. The third-order valence-electron chi connectivity index (χ3n) is 7.70. The Morgan fingerprint density at radius 2 is 0.641 bits per heavy atom. The fourth-order valence-electron chi connectivity index (χ4n) is 5.90. The largest absolute Gasteiger partial charge is 0.399 e. The summed E-state index contributed by atoms with van der Waals surface area (Å²) in [6.45, 7) is 0. The maximum Gasteiger partial charge on any atom is 0.0701 e. The van der Waals surface area contributed by atoms with Crippen molar-refractivity contribution >= 4 is 5.69 Å². The van der Waals surface area contributed by atoms with E-state index in [0.717, 1.165) is 5.69 Å². The van der Waals surface area contributed by atoms with Crippen LogP contribution in [0.4, 0.5) is 5.69 Å². The number of rotatable bonds is 7. The molecule has 1 nitrogen and oxygen atoms in total. The molecular formula is C38H31N. The summed E-state index contributed by atoms with van der Waals surface area (Å²) >= 11 is 0. The van der Waals surface area contributed by atoms with Crippen molar-refractivity contribution in [2.24, 2.45) is 0 Å². The van der Waals surface area contributed by atoms with Gasteiger partial charge in [0.25, 0.3) is 0 Å². The Morgan fingerprint density at radius 3 is 1.05 bits per heavy atom. The highest BCUT2D eigenvalue weighted by atomic mass is 14.5. The molecule has 0 aliphatic heterocycles. The highest BCUT2D eigenvalue weighted by molar-refractivity contribution is 5.61. The Hall–Kier alpha value is -4.88. The molecule has 1 heteroatoms. The first-order valence-corrected chi connectivity index (χ1v) is 13.4. The van der Waals surface area contributed by atoms with Crippen LogP contribution in [0.25, 0.3) is 0 Å². The summed E-state index contributed by atoms with van der Waals surface area (Å²) in [6.07, 6.45) is 0. The van der Waals surface area contributed by atoms with Gasteiger partial charge in [-0.25, -0.2) is 0 Å². The zero-order valence-electron chi connectivity index (χ0n) is 21.8. The molecule has 0 bridgehead atoms. The molecular weight excluding hydrogens is 470 g/mol. The molecule has 0 atom stereocenters. The second-order valence-electron chi connectivity index (χ2n) is 9.98. The van der Waals surface area contributed by atoms with Gasteiger partial charge in [-0.3, -0.25) is 0 Å². The van der Waals surface area contributed by atoms with E-state index >= 15 is 0 Å². The van der Waals surface area contributed by atoms with E-state index in [1.807, 2.05) is 12.1 Å². The number of anilines is 1. The van der Waals surface area contributed by atoms with E-state index in [-0.39, 0.29) is 5.92 Å². The van der Waals surface area contributed by atoms with Gasteiger partial charge in [-0.2, -0.15) is 0 Å². The Bertz CT molecular complexity index is 1530. The van der Waals surface area contributed by atoms with Crippen LogP contribution in [-0.4, -0.2) is 0 Å². The molecule has 0 spiro atoms. The fraction of sp³-hybridized carbons (Fsp3) is 0.0526. The fourth-order valence-corrected chi connectivity index (χ4v) is 5.90. The predicted molar refractivity (Wildman–Crippen MR) is 163 cm³/mol. The summed E-state index contributed by atoms with van der Waals surface area (Å²) in [5.74, 6) is 0.154. The SMILES string of the molecule is Nc1ccc(C(c2ccccc2)(c2ccccc2)c2ccc(C(c3ccccc3)c3ccccc3)cc2)cc1. The van der Waals surface area contributed by atoms with Crippen molar-refractivity contribution in [3.05, 3.63) is 209 Å². The van der Waals surface area contributed by atoms with Crippen molar-refractivity contribution in [3.63, 3.8) is 0 Å². The Kier molecular flexibility index (Phi) is 6.80. The predicted octanol–water partition coefficient (Wildman–Crippen LogP) is 8.83. The normalized spacial score (nSPS) is 11.4. The van der Waals surface area contributed by atoms with Gasteiger partial charge in [0.2, 0.25) is 0 Å². The highest BCUT2D eigenvalue weighted by Crippen LogP contribution is 2.46. The summed E-state index contributed by atoms with van der Waals surface area (Å²) in [4.78, 5) is 0. The lowest BCUT2D eigenvalue weighted by atomic mass is 9.65. The van der Waals surface area contributed by atoms with Gasteiger partial charge in [0, 0.05) is 11.6 Å². The lowest BCUT2D eigenvalue weighted by Gasteiger charge is -2.37. The van der Waals surface area contributed by atoms with Crippen LogP contribution in [0.5, 0.6) is 0 Å². The van der Waals surface area contributed by atoms with Gasteiger partial charge < -0.3 is 5.73 Å². The topological polar surface area (TPSA) is 26.0 Å². The van der Waals surface area contributed by atoms with Crippen LogP contribution in [0.2, 0.25) is 0 Å². The molecule has 0 aliphatic carbocycles. The Morgan fingerprint density at radius 1 is 0.333 bits per heavy atom. The van der Waals surface area contributed by atoms with Crippen LogP contribution in [0.15, 0.2) is 170 Å². The number of hydrogen-bond donors (Lipinski definition) is 1. The smallest absolute Gasteiger partial charge is 0.0701 e. The molecule has 188 valence electrons. The summed E-state index contributed by atoms with van der Waals surface area (Å²) in [5, 5.41) is 0. The maximum absolute atomic E-state index is 6.15. The van der Waals surface area contributed by atoms with Crippen LogP contribution < -0.4 is 5.73 Å². The van der Waals surface area contributed by atoms with E-state index in [0.29, 0.717) is 0 Å². The standard InChI is InChI=1S/C38H31N/c39-36-27-25-35(26-28-36)38(32-17-9-3-10-18-32,33-19-11-4-12-20-33)34-23-21-31(22-24-34)37(29-13-5-1-6-14-29)30-15-7-2-8-16-30/h1-28,37H,39H2. The number of nitrogens with two attached hydrogens (primary N) is 1. The third-order valence-corrected chi connectivity index (χ3v) is 7.70. The molecule has 0 saturated heterocycles. The van der Waals surface area contributed by atoms with Gasteiger partial charge in [0.1, 0.15) is 0 Å². The molecule has 0 aliphatic rings. The van der Waals surface area contributed by atoms with Gasteiger partial charge in [-0.1, -0.05) is 158 Å². The molecule has 0 amide bonds. The first-order chi connectivity index (χ1) is 19.3. The first-order valence-electron chi connectivity index (χ1n) is 13.4. The molecule has 0 radical (unpaired) electrons. The van der Waals surface area contributed by atoms with Crippen LogP contribution in [0.3, 0.4) is 0 Å². The van der Waals surface area contributed by atoms with E-state index in [1.54, 1.807) is 0 Å². The zero-order chi connectivity index (χ0) is 26.5. The van der Waals surface area contributed by atoms with Gasteiger partial charge in [-0.05, 0) is 51.1 Å². The molecule has 6 rings (SSSR count). The van der Waals surface area contributed by atoms with Crippen molar-refractivity contribution in [2.75, 3.05) is 5.73 Å². The van der Waals surface area contributed by atoms with E-state index in [1.165, 1.54) is 38.9 Å². The van der Waals surface area contributed by atoms with Crippen LogP contribution in [0.1, 0.15) is 44.9 Å². The van der Waals surface area contributed by atoms with Crippen LogP contribution in [-0.2, 0) is 5.41 Å². The lowest BCUT2D eigenvalue weighted by Crippen LogP contribution is -2.31. The zero-order valence-corrected chi connectivity index (χ0v) is 21.8. The Balaban J connectivity index is 1.57. The minimum atomic E-state index is -0.496. The maximum atomic E-state index is 6.15. The van der Waals surface area contributed by atoms with E-state index in [9.17, 15) is 0 Å². The average Bonchev–Trinajstić information content (AvgIpc) is 3.01. The molecule has 0 saturated carbocycles. The number of nitrogen functional groups attached to an aromatic ring is 1. The molecule has 6 aromatic rings. The van der Waals surface area contributed by atoms with Gasteiger partial charge in [0.05, 0.1) is 5.41 Å². The highest BCUT2D eigenvalue weighted by Gasteiger charge is 2.38. The van der Waals surface area contributed by atoms with Gasteiger partial charge >= 0.3 is 0 Å². The van der Waals surface area contributed by atoms with Crippen molar-refractivity contribution in [2.45, 2.75) is 11.3 Å². The van der Waals surface area contributed by atoms with Crippen LogP contribution in [0, 0.1) is 0 Å². The molecule has 0 unspecified atom stereocenters. The van der Waals surface area contributed by atoms with E-state index in [4.69, 9.17) is 5.73 Å².